The van der Waals surface area contributed by atoms with E-state index in [-0.39, 0.29) is 0 Å². The van der Waals surface area contributed by atoms with E-state index in [0.717, 1.165) is 6.42 Å². The quantitative estimate of drug-likeness (QED) is 0.626. The van der Waals surface area contributed by atoms with E-state index < -0.39 is 0 Å². The van der Waals surface area contributed by atoms with E-state index in [1.807, 2.05) is 0 Å². The number of hydrogen-bond acceptors (Lipinski definition) is 1. The summed E-state index contributed by atoms with van der Waals surface area (Å²) in [5.41, 5.74) is 0. The fourth-order valence-corrected chi connectivity index (χ4v) is 1.87. The Kier molecular flexibility index (Phi) is 5.42. The molecule has 1 rings (SSSR count). The Morgan fingerprint density at radius 3 is 2.08 bits per heavy atom. The molecular weight excluding hydrogens is 146 g/mol. The molecule has 0 saturated carbocycles. The molecule has 71 valence electrons. The van der Waals surface area contributed by atoms with Crippen molar-refractivity contribution in [2.24, 2.45) is 0 Å². The maximum Gasteiger partial charge on any atom is -0.00187 e. The Balaban J connectivity index is 2.11. The summed E-state index contributed by atoms with van der Waals surface area (Å²) in [4.78, 5) is 2.62. The fraction of sp³-hybridized carbons (Fsp3) is 0.909. The van der Waals surface area contributed by atoms with Crippen molar-refractivity contribution in [1.82, 2.24) is 4.90 Å². The third kappa shape index (κ3) is 4.10. The minimum atomic E-state index is 1.09. The summed E-state index contributed by atoms with van der Waals surface area (Å²) < 4.78 is 0. The van der Waals surface area contributed by atoms with Gasteiger partial charge in [-0.05, 0) is 38.9 Å². The summed E-state index contributed by atoms with van der Waals surface area (Å²) in [5.74, 6) is 0. The molecule has 1 heterocycles. The first-order chi connectivity index (χ1) is 5.93. The van der Waals surface area contributed by atoms with E-state index in [4.69, 9.17) is 0 Å². The predicted octanol–water partition coefficient (Wildman–Crippen LogP) is 2.87. The third-order valence-electron chi connectivity index (χ3n) is 2.67. The topological polar surface area (TPSA) is 3.24 Å². The van der Waals surface area contributed by atoms with Crippen molar-refractivity contribution in [2.75, 3.05) is 19.6 Å². The van der Waals surface area contributed by atoms with Gasteiger partial charge in [0, 0.05) is 0 Å². The maximum absolute atomic E-state index is 3.89. The van der Waals surface area contributed by atoms with E-state index in [2.05, 4.69) is 11.8 Å². The van der Waals surface area contributed by atoms with Crippen LogP contribution in [0.2, 0.25) is 0 Å². The third-order valence-corrected chi connectivity index (χ3v) is 2.67. The second-order valence-electron chi connectivity index (χ2n) is 3.82. The smallest absolute Gasteiger partial charge is 0.00187 e. The number of unbranched alkanes of at least 4 members (excludes halogenated alkanes) is 1. The van der Waals surface area contributed by atoms with E-state index in [0.29, 0.717) is 0 Å². The van der Waals surface area contributed by atoms with Gasteiger partial charge in [0.15, 0.2) is 0 Å². The van der Waals surface area contributed by atoms with Crippen LogP contribution < -0.4 is 0 Å². The van der Waals surface area contributed by atoms with Gasteiger partial charge in [0.1, 0.15) is 0 Å². The minimum absolute atomic E-state index is 1.09. The molecule has 0 N–H and O–H groups in total. The molecule has 0 aliphatic carbocycles. The average molecular weight is 168 g/mol. The molecule has 1 nitrogen and oxygen atoms in total. The predicted molar refractivity (Wildman–Crippen MR) is 54.1 cm³/mol. The lowest BCUT2D eigenvalue weighted by Gasteiger charge is -2.23. The molecule has 0 aromatic heterocycles. The van der Waals surface area contributed by atoms with Crippen molar-refractivity contribution >= 4 is 0 Å². The lowest BCUT2D eigenvalue weighted by atomic mass is 10.1. The van der Waals surface area contributed by atoms with Crippen LogP contribution in [0.4, 0.5) is 0 Å². The van der Waals surface area contributed by atoms with E-state index in [9.17, 15) is 0 Å². The molecule has 0 spiro atoms. The molecule has 0 aromatic rings. The second-order valence-corrected chi connectivity index (χ2v) is 3.82. The van der Waals surface area contributed by atoms with Crippen LogP contribution in [0.25, 0.3) is 0 Å². The van der Waals surface area contributed by atoms with E-state index >= 15 is 0 Å². The molecule has 1 aliphatic heterocycles. The highest BCUT2D eigenvalue weighted by molar-refractivity contribution is 4.62. The van der Waals surface area contributed by atoms with Crippen LogP contribution >= 0.6 is 0 Å². The van der Waals surface area contributed by atoms with Crippen molar-refractivity contribution in [2.45, 2.75) is 44.9 Å². The summed E-state index contributed by atoms with van der Waals surface area (Å²) in [7, 11) is 0. The maximum atomic E-state index is 3.89. The van der Waals surface area contributed by atoms with Crippen LogP contribution in [0.5, 0.6) is 0 Å². The molecular formula is C11H22N. The SMILES string of the molecule is [CH2]CCCN1CCCCCCC1. The molecule has 0 aromatic carbocycles. The molecule has 1 aliphatic rings. The number of likely N-dealkylation sites (tertiary alicyclic amines) is 1. The van der Waals surface area contributed by atoms with Gasteiger partial charge in [-0.2, -0.15) is 0 Å². The Bertz CT molecular complexity index is 90.4. The van der Waals surface area contributed by atoms with Crippen LogP contribution in [-0.2, 0) is 0 Å². The zero-order chi connectivity index (χ0) is 8.65. The highest BCUT2D eigenvalue weighted by Crippen LogP contribution is 2.10. The summed E-state index contributed by atoms with van der Waals surface area (Å²) in [6, 6.07) is 0. The summed E-state index contributed by atoms with van der Waals surface area (Å²) >= 11 is 0. The van der Waals surface area contributed by atoms with Crippen LogP contribution in [0.15, 0.2) is 0 Å². The van der Waals surface area contributed by atoms with Gasteiger partial charge in [-0.3, -0.25) is 0 Å². The van der Waals surface area contributed by atoms with Gasteiger partial charge < -0.3 is 4.90 Å². The normalized spacial score (nSPS) is 21.8. The first kappa shape index (κ1) is 10.0. The van der Waals surface area contributed by atoms with Gasteiger partial charge in [0.2, 0.25) is 0 Å². The first-order valence-corrected chi connectivity index (χ1v) is 5.45. The van der Waals surface area contributed by atoms with Crippen molar-refractivity contribution in [1.29, 1.82) is 0 Å². The van der Waals surface area contributed by atoms with Crippen LogP contribution in [0, 0.1) is 6.92 Å². The zero-order valence-corrected chi connectivity index (χ0v) is 8.23. The van der Waals surface area contributed by atoms with Crippen molar-refractivity contribution in [3.63, 3.8) is 0 Å². The van der Waals surface area contributed by atoms with Gasteiger partial charge in [-0.15, -0.1) is 0 Å². The number of hydrogen-bond donors (Lipinski definition) is 0. The van der Waals surface area contributed by atoms with Crippen molar-refractivity contribution < 1.29 is 0 Å². The van der Waals surface area contributed by atoms with Gasteiger partial charge in [-0.25, -0.2) is 0 Å². The van der Waals surface area contributed by atoms with Crippen molar-refractivity contribution in [3.05, 3.63) is 6.92 Å². The minimum Gasteiger partial charge on any atom is -0.303 e. The molecule has 1 saturated heterocycles. The van der Waals surface area contributed by atoms with Gasteiger partial charge >= 0.3 is 0 Å². The fourth-order valence-electron chi connectivity index (χ4n) is 1.87. The summed E-state index contributed by atoms with van der Waals surface area (Å²) in [5, 5.41) is 0. The van der Waals surface area contributed by atoms with Gasteiger partial charge in [0.05, 0.1) is 0 Å². The summed E-state index contributed by atoms with van der Waals surface area (Å²) in [6.45, 7) is 7.83. The highest BCUT2D eigenvalue weighted by Gasteiger charge is 2.06. The van der Waals surface area contributed by atoms with Gasteiger partial charge in [0.25, 0.3) is 0 Å². The highest BCUT2D eigenvalue weighted by atomic mass is 15.1. The molecule has 0 bridgehead atoms. The Morgan fingerprint density at radius 2 is 1.50 bits per heavy atom. The lowest BCUT2D eigenvalue weighted by Crippen LogP contribution is -2.28. The largest absolute Gasteiger partial charge is 0.303 e. The average Bonchev–Trinajstić information content (AvgIpc) is 2.02. The summed E-state index contributed by atoms with van der Waals surface area (Å²) in [6.07, 6.45) is 9.55. The van der Waals surface area contributed by atoms with Crippen LogP contribution in [-0.4, -0.2) is 24.5 Å². The van der Waals surface area contributed by atoms with Gasteiger partial charge in [-0.1, -0.05) is 32.6 Å². The molecule has 1 fully saturated rings. The number of rotatable bonds is 3. The van der Waals surface area contributed by atoms with Crippen molar-refractivity contribution in [3.8, 4) is 0 Å². The van der Waals surface area contributed by atoms with E-state index in [1.54, 1.807) is 0 Å². The van der Waals surface area contributed by atoms with Crippen LogP contribution in [0.3, 0.4) is 0 Å². The Hall–Kier alpha value is -0.0400. The molecule has 0 amide bonds. The van der Waals surface area contributed by atoms with Crippen LogP contribution in [0.1, 0.15) is 44.9 Å². The molecule has 1 heteroatoms. The van der Waals surface area contributed by atoms with E-state index in [1.165, 1.54) is 58.2 Å². The standard InChI is InChI=1S/C11H22N/c1-2-3-9-12-10-7-5-4-6-8-11-12/h1-11H2. The lowest BCUT2D eigenvalue weighted by molar-refractivity contribution is 0.245. The molecule has 0 atom stereocenters. The second kappa shape index (κ2) is 6.47. The molecule has 12 heavy (non-hydrogen) atoms. The zero-order valence-electron chi connectivity index (χ0n) is 8.23. The molecule has 1 radical (unpaired) electrons. The Morgan fingerprint density at radius 1 is 0.917 bits per heavy atom. The number of nitrogens with zero attached hydrogens (tertiary/aromatic N) is 1. The first-order valence-electron chi connectivity index (χ1n) is 5.45. The molecule has 0 unspecified atom stereocenters. The monoisotopic (exact) mass is 168 g/mol. The Labute approximate surface area is 77.1 Å².